The van der Waals surface area contributed by atoms with Gasteiger partial charge in [-0.2, -0.15) is 0 Å². The number of anilines is 1. The highest BCUT2D eigenvalue weighted by atomic mass is 31.8. The van der Waals surface area contributed by atoms with Crippen LogP contribution in [0.2, 0.25) is 0 Å². The maximum atomic E-state index is 13.8. The normalized spacial score (nSPS) is 14.2. The van der Waals surface area contributed by atoms with Crippen molar-refractivity contribution >= 4 is 56.9 Å². The van der Waals surface area contributed by atoms with Crippen molar-refractivity contribution in [1.29, 1.82) is 0 Å². The summed E-state index contributed by atoms with van der Waals surface area (Å²) in [7, 11) is 4.87. The zero-order valence-corrected chi connectivity index (χ0v) is 29.7. The van der Waals surface area contributed by atoms with E-state index < -0.39 is 13.1 Å². The fraction of sp³-hybridized carbons (Fsp3) is 0.389. The fourth-order valence-electron chi connectivity index (χ4n) is 5.17. The number of nitrogens with one attached hydrogen (secondary N) is 1. The van der Waals surface area contributed by atoms with Crippen LogP contribution >= 0.6 is 23.3 Å². The maximum absolute atomic E-state index is 13.8. The summed E-state index contributed by atoms with van der Waals surface area (Å²) in [5.74, 6) is 0.713. The highest BCUT2D eigenvalue weighted by Gasteiger charge is 2.30. The summed E-state index contributed by atoms with van der Waals surface area (Å²) in [5, 5.41) is 18.3. The lowest BCUT2D eigenvalue weighted by molar-refractivity contribution is 0.108. The predicted molar refractivity (Wildman–Crippen MR) is 194 cm³/mol. The Kier molecular flexibility index (Phi) is 12.5. The second-order valence-electron chi connectivity index (χ2n) is 11.8. The number of benzene rings is 2. The number of ether oxygens (including phenoxy) is 1. The molecular formula is C36H47NO3P3+. The Morgan fingerprint density at radius 2 is 1.81 bits per heavy atom. The lowest BCUT2D eigenvalue weighted by Crippen LogP contribution is -2.24. The van der Waals surface area contributed by atoms with Gasteiger partial charge >= 0.3 is 5.52 Å². The van der Waals surface area contributed by atoms with Gasteiger partial charge in [0, 0.05) is 34.9 Å². The smallest absolute Gasteiger partial charge is 0.352 e. The zero-order valence-electron chi connectivity index (χ0n) is 27.0. The van der Waals surface area contributed by atoms with E-state index in [0.29, 0.717) is 17.5 Å². The molecule has 0 saturated heterocycles. The third kappa shape index (κ3) is 8.97. The first-order valence-corrected chi connectivity index (χ1v) is 19.0. The van der Waals surface area contributed by atoms with E-state index in [1.54, 1.807) is 21.0 Å². The van der Waals surface area contributed by atoms with E-state index >= 15 is 0 Å². The van der Waals surface area contributed by atoms with Crippen molar-refractivity contribution in [3.63, 3.8) is 0 Å². The van der Waals surface area contributed by atoms with Crippen LogP contribution in [-0.4, -0.2) is 42.9 Å². The van der Waals surface area contributed by atoms with Gasteiger partial charge in [-0.25, -0.2) is 4.79 Å². The molecule has 0 amide bonds. The summed E-state index contributed by atoms with van der Waals surface area (Å²) in [6, 6.07) is 14.4. The molecular weight excluding hydrogens is 587 g/mol. The zero-order chi connectivity index (χ0) is 31.9. The van der Waals surface area contributed by atoms with Crippen LogP contribution in [0.1, 0.15) is 73.7 Å². The van der Waals surface area contributed by atoms with Crippen molar-refractivity contribution in [2.45, 2.75) is 66.4 Å². The van der Waals surface area contributed by atoms with Crippen LogP contribution in [0.25, 0.3) is 16.1 Å². The van der Waals surface area contributed by atoms with Crippen LogP contribution in [0.3, 0.4) is 0 Å². The van der Waals surface area contributed by atoms with E-state index in [9.17, 15) is 9.90 Å². The number of hydrogen-bond acceptors (Lipinski definition) is 4. The maximum Gasteiger partial charge on any atom is 0.352 e. The van der Waals surface area contributed by atoms with Crippen LogP contribution in [0.5, 0.6) is 0 Å². The summed E-state index contributed by atoms with van der Waals surface area (Å²) in [5.41, 5.74) is 5.31. The molecule has 2 atom stereocenters. The minimum atomic E-state index is -1.18. The average Bonchev–Trinajstić information content (AvgIpc) is 2.97. The molecule has 1 heterocycles. The Bertz CT molecular complexity index is 1560. The molecule has 43 heavy (non-hydrogen) atoms. The van der Waals surface area contributed by atoms with Crippen molar-refractivity contribution in [3.05, 3.63) is 94.0 Å². The van der Waals surface area contributed by atoms with E-state index in [2.05, 4.69) is 58.0 Å². The second kappa shape index (κ2) is 15.4. The molecule has 1 aromatic heterocycles. The third-order valence-electron chi connectivity index (χ3n) is 7.76. The summed E-state index contributed by atoms with van der Waals surface area (Å²) in [6.45, 7) is 16.4. The van der Waals surface area contributed by atoms with Gasteiger partial charge in [0.25, 0.3) is 0 Å². The minimum Gasteiger partial charge on any atom is -0.496 e. The Balaban J connectivity index is 2.00. The lowest BCUT2D eigenvalue weighted by atomic mass is 9.87. The monoisotopic (exact) mass is 634 g/mol. The summed E-state index contributed by atoms with van der Waals surface area (Å²) in [4.78, 5) is 13.8. The number of allylic oxidation sites excluding steroid dienone is 2. The van der Waals surface area contributed by atoms with E-state index in [1.807, 2.05) is 43.4 Å². The fourth-order valence-corrected chi connectivity index (χ4v) is 9.43. The van der Waals surface area contributed by atoms with Crippen molar-refractivity contribution in [2.75, 3.05) is 25.6 Å². The van der Waals surface area contributed by atoms with Gasteiger partial charge in [-0.3, -0.25) is 0 Å². The molecule has 0 aliphatic heterocycles. The SMILES string of the molecule is C=C(/C(OC)=C(\C=C(/C)C(CCCC)C[P+](=C)C(=O)c1cc(NC)c2ppc(C)cc2c1)C(C)(C)O)c1ccc(C)cc1. The largest absolute Gasteiger partial charge is 0.496 e. The van der Waals surface area contributed by atoms with Gasteiger partial charge in [-0.1, -0.05) is 67.8 Å². The van der Waals surface area contributed by atoms with Crippen LogP contribution in [0.4, 0.5) is 5.69 Å². The number of hydrogen-bond donors (Lipinski definition) is 2. The molecule has 2 unspecified atom stereocenters. The molecule has 3 aromatic rings. The second-order valence-corrected chi connectivity index (χ2v) is 16.4. The first kappa shape index (κ1) is 34.9. The number of carbonyl (C=O) groups is 1. The van der Waals surface area contributed by atoms with Crippen molar-refractivity contribution < 1.29 is 14.6 Å². The van der Waals surface area contributed by atoms with E-state index in [4.69, 9.17) is 4.74 Å². The first-order chi connectivity index (χ1) is 20.3. The van der Waals surface area contributed by atoms with Gasteiger partial charge in [-0.15, -0.1) is 0 Å². The van der Waals surface area contributed by atoms with Gasteiger partial charge in [0.2, 0.25) is 0 Å². The number of aliphatic hydroxyl groups is 1. The average molecular weight is 635 g/mol. The molecule has 228 valence electrons. The summed E-state index contributed by atoms with van der Waals surface area (Å²) in [6.07, 6.45) is 10.2. The lowest BCUT2D eigenvalue weighted by Gasteiger charge is -2.25. The van der Waals surface area contributed by atoms with Crippen LogP contribution in [0.15, 0.2) is 72.0 Å². The van der Waals surface area contributed by atoms with Gasteiger partial charge in [-0.05, 0) is 91.2 Å². The molecule has 0 bridgehead atoms. The summed E-state index contributed by atoms with van der Waals surface area (Å²) >= 11 is 0. The Morgan fingerprint density at radius 3 is 2.40 bits per heavy atom. The van der Waals surface area contributed by atoms with E-state index in [1.165, 1.54) is 31.7 Å². The van der Waals surface area contributed by atoms with Gasteiger partial charge in [0.15, 0.2) is 7.55 Å². The molecule has 0 radical (unpaired) electrons. The standard InChI is InChI=1S/C36H47NO3P3/c1-11-12-13-28(22-43(10)35(38)30-20-29-19-25(4)41-42-34(29)32(21-30)37-8)24(3)18-31(36(6,7)39)33(40-9)26(5)27-16-14-23(2)15-17-27/h14-21,28,37,39H,5,10-13,22H2,1-4,6-9H3/q+1/b24-18+,33-31-. The highest BCUT2D eigenvalue weighted by Crippen LogP contribution is 2.42. The van der Waals surface area contributed by atoms with E-state index in [-0.39, 0.29) is 11.4 Å². The Morgan fingerprint density at radius 1 is 1.14 bits per heavy atom. The molecule has 0 aliphatic carbocycles. The molecule has 2 N–H and O–H groups in total. The molecule has 0 spiro atoms. The third-order valence-corrected chi connectivity index (χ3v) is 12.6. The van der Waals surface area contributed by atoms with Crippen LogP contribution in [0, 0.1) is 19.8 Å². The predicted octanol–water partition coefficient (Wildman–Crippen LogP) is 10.9. The number of unbranched alkanes of at least 4 members (excludes halogenated alkanes) is 1. The van der Waals surface area contributed by atoms with Crippen molar-refractivity contribution in [3.8, 4) is 0 Å². The number of rotatable bonds is 14. The molecule has 0 aliphatic rings. The topological polar surface area (TPSA) is 58.6 Å². The number of fused-ring (bicyclic) bond motifs is 1. The first-order valence-electron chi connectivity index (χ1n) is 14.8. The molecule has 4 nitrogen and oxygen atoms in total. The van der Waals surface area contributed by atoms with Gasteiger partial charge in [0.1, 0.15) is 11.9 Å². The Labute approximate surface area is 262 Å². The number of carbonyl (C=O) groups excluding carboxylic acids is 1. The van der Waals surface area contributed by atoms with Crippen molar-refractivity contribution in [1.82, 2.24) is 0 Å². The molecule has 7 heteroatoms. The molecule has 0 saturated carbocycles. The minimum absolute atomic E-state index is 0.123. The Hall–Kier alpha value is -2.60. The molecule has 3 rings (SSSR count). The molecule has 0 fully saturated rings. The van der Waals surface area contributed by atoms with Gasteiger partial charge in [0.05, 0.1) is 24.6 Å². The quantitative estimate of drug-likeness (QED) is 0.105. The van der Waals surface area contributed by atoms with E-state index in [0.717, 1.165) is 52.6 Å². The van der Waals surface area contributed by atoms with Crippen LogP contribution in [-0.2, 0) is 4.74 Å². The van der Waals surface area contributed by atoms with Gasteiger partial charge < -0.3 is 15.2 Å². The number of methoxy groups -OCH3 is 1. The number of aryl methyl sites for hydroxylation is 2. The van der Waals surface area contributed by atoms with Crippen molar-refractivity contribution in [2.24, 2.45) is 5.92 Å². The summed E-state index contributed by atoms with van der Waals surface area (Å²) < 4.78 is 5.90. The molecule has 2 aromatic carbocycles. The highest BCUT2D eigenvalue weighted by molar-refractivity contribution is 7.93. The van der Waals surface area contributed by atoms with Crippen LogP contribution < -0.4 is 5.32 Å².